The third-order valence-corrected chi connectivity index (χ3v) is 6.07. The average Bonchev–Trinajstić information content (AvgIpc) is 2.94. The predicted octanol–water partition coefficient (Wildman–Crippen LogP) is 4.14. The number of halogens is 2. The van der Waals surface area contributed by atoms with E-state index in [4.69, 9.17) is 16.3 Å². The van der Waals surface area contributed by atoms with Gasteiger partial charge in [-0.1, -0.05) is 17.7 Å². The van der Waals surface area contributed by atoms with Crippen LogP contribution in [0.3, 0.4) is 0 Å². The van der Waals surface area contributed by atoms with Crippen LogP contribution in [0.15, 0.2) is 36.4 Å². The summed E-state index contributed by atoms with van der Waals surface area (Å²) >= 11 is 6.19. The molecule has 31 heavy (non-hydrogen) atoms. The van der Waals surface area contributed by atoms with Crippen molar-refractivity contribution in [1.29, 1.82) is 0 Å². The summed E-state index contributed by atoms with van der Waals surface area (Å²) in [7, 11) is 0. The number of unbranched alkanes of at least 4 members (excludes halogenated alkanes) is 1. The first kappa shape index (κ1) is 21.7. The van der Waals surface area contributed by atoms with Gasteiger partial charge in [-0.2, -0.15) is 0 Å². The molecule has 2 aliphatic heterocycles. The number of hydrogen-bond donors (Lipinski definition) is 2. The first-order valence-corrected chi connectivity index (χ1v) is 11.2. The highest BCUT2D eigenvalue weighted by Gasteiger charge is 2.19. The molecule has 0 saturated carbocycles. The van der Waals surface area contributed by atoms with Crippen molar-refractivity contribution in [3.63, 3.8) is 0 Å². The zero-order valence-corrected chi connectivity index (χ0v) is 18.3. The average molecular weight is 447 g/mol. The normalized spacial score (nSPS) is 16.8. The van der Waals surface area contributed by atoms with Crippen LogP contribution in [0, 0.1) is 5.82 Å². The molecule has 2 amide bonds. The number of rotatable bonds is 7. The number of carbonyl (C=O) groups excluding carboxylic acids is 1. The molecule has 0 spiro atoms. The minimum Gasteiger partial charge on any atom is -0.494 e. The van der Waals surface area contributed by atoms with Gasteiger partial charge in [-0.3, -0.25) is 4.90 Å². The van der Waals surface area contributed by atoms with Crippen molar-refractivity contribution >= 4 is 29.0 Å². The van der Waals surface area contributed by atoms with Gasteiger partial charge >= 0.3 is 6.03 Å². The van der Waals surface area contributed by atoms with Gasteiger partial charge in [-0.15, -0.1) is 0 Å². The van der Waals surface area contributed by atoms with E-state index in [-0.39, 0.29) is 11.8 Å². The lowest BCUT2D eigenvalue weighted by Crippen LogP contribution is -2.46. The third-order valence-electron chi connectivity index (χ3n) is 5.77. The fourth-order valence-corrected chi connectivity index (χ4v) is 4.32. The molecule has 4 rings (SSSR count). The van der Waals surface area contributed by atoms with Crippen LogP contribution in [-0.2, 0) is 6.42 Å². The summed E-state index contributed by atoms with van der Waals surface area (Å²) in [6.07, 6.45) is 2.84. The lowest BCUT2D eigenvalue weighted by Gasteiger charge is -2.36. The summed E-state index contributed by atoms with van der Waals surface area (Å²) in [6, 6.07) is 10.3. The Kier molecular flexibility index (Phi) is 7.14. The van der Waals surface area contributed by atoms with Gasteiger partial charge in [0.25, 0.3) is 0 Å². The molecule has 0 atom stereocenters. The summed E-state index contributed by atoms with van der Waals surface area (Å²) in [5.74, 6) is 0.480. The molecule has 2 aromatic rings. The minimum absolute atomic E-state index is 0.169. The number of piperazine rings is 1. The van der Waals surface area contributed by atoms with E-state index in [2.05, 4.69) is 20.4 Å². The number of nitrogens with zero attached hydrogens (tertiary/aromatic N) is 2. The highest BCUT2D eigenvalue weighted by atomic mass is 35.5. The summed E-state index contributed by atoms with van der Waals surface area (Å²) in [5.41, 5.74) is 2.85. The Hall–Kier alpha value is -2.51. The Balaban J connectivity index is 1.16. The first-order chi connectivity index (χ1) is 15.1. The second-order valence-electron chi connectivity index (χ2n) is 7.93. The number of anilines is 2. The molecule has 1 saturated heterocycles. The number of amides is 2. The van der Waals surface area contributed by atoms with Crippen molar-refractivity contribution in [3.8, 4) is 5.75 Å². The van der Waals surface area contributed by atoms with Gasteiger partial charge in [0.1, 0.15) is 11.6 Å². The molecule has 6 nitrogen and oxygen atoms in total. The van der Waals surface area contributed by atoms with Gasteiger partial charge < -0.3 is 20.3 Å². The molecule has 8 heteroatoms. The van der Waals surface area contributed by atoms with Crippen LogP contribution in [-0.4, -0.2) is 56.8 Å². The maximum atomic E-state index is 13.3. The summed E-state index contributed by atoms with van der Waals surface area (Å²) in [5, 5.41) is 6.13. The van der Waals surface area contributed by atoms with Crippen LogP contribution in [0.4, 0.5) is 20.6 Å². The van der Waals surface area contributed by atoms with Crippen molar-refractivity contribution in [3.05, 3.63) is 52.8 Å². The van der Waals surface area contributed by atoms with E-state index in [0.717, 1.165) is 74.7 Å². The maximum Gasteiger partial charge on any atom is 0.319 e. The third kappa shape index (κ3) is 5.80. The van der Waals surface area contributed by atoms with Crippen LogP contribution in [0.25, 0.3) is 0 Å². The summed E-state index contributed by atoms with van der Waals surface area (Å²) < 4.78 is 19.1. The Morgan fingerprint density at radius 2 is 1.90 bits per heavy atom. The number of benzene rings is 2. The van der Waals surface area contributed by atoms with Gasteiger partial charge in [0, 0.05) is 44.5 Å². The monoisotopic (exact) mass is 446 g/mol. The van der Waals surface area contributed by atoms with Gasteiger partial charge in [0.15, 0.2) is 0 Å². The predicted molar refractivity (Wildman–Crippen MR) is 122 cm³/mol. The molecule has 2 heterocycles. The fraction of sp³-hybridized carbons (Fsp3) is 0.435. The highest BCUT2D eigenvalue weighted by molar-refractivity contribution is 6.33. The van der Waals surface area contributed by atoms with Crippen molar-refractivity contribution in [2.75, 3.05) is 56.1 Å². The molecule has 0 aliphatic carbocycles. The number of hydrogen-bond acceptors (Lipinski definition) is 4. The van der Waals surface area contributed by atoms with E-state index in [0.29, 0.717) is 18.2 Å². The molecule has 0 bridgehead atoms. The van der Waals surface area contributed by atoms with Crippen LogP contribution in [0.1, 0.15) is 18.4 Å². The van der Waals surface area contributed by atoms with Crippen LogP contribution < -0.4 is 20.3 Å². The van der Waals surface area contributed by atoms with E-state index in [9.17, 15) is 9.18 Å². The second-order valence-corrected chi connectivity index (χ2v) is 8.34. The molecule has 0 aromatic heterocycles. The van der Waals surface area contributed by atoms with E-state index in [1.807, 2.05) is 18.2 Å². The highest BCUT2D eigenvalue weighted by Crippen LogP contribution is 2.27. The quantitative estimate of drug-likeness (QED) is 0.628. The van der Waals surface area contributed by atoms with Crippen LogP contribution in [0.5, 0.6) is 5.75 Å². The second kappa shape index (κ2) is 10.2. The fourth-order valence-electron chi connectivity index (χ4n) is 4.03. The van der Waals surface area contributed by atoms with Crippen molar-refractivity contribution < 1.29 is 13.9 Å². The number of fused-ring (bicyclic) bond motifs is 1. The molecule has 2 N–H and O–H groups in total. The largest absolute Gasteiger partial charge is 0.494 e. The molecule has 2 aliphatic rings. The maximum absolute atomic E-state index is 13.3. The topological polar surface area (TPSA) is 56.8 Å². The minimum atomic E-state index is -0.303. The van der Waals surface area contributed by atoms with E-state index >= 15 is 0 Å². The lowest BCUT2D eigenvalue weighted by atomic mass is 10.1. The molecular formula is C23H28ClFN4O2. The lowest BCUT2D eigenvalue weighted by molar-refractivity contribution is 0.238. The smallest absolute Gasteiger partial charge is 0.319 e. The van der Waals surface area contributed by atoms with E-state index < -0.39 is 0 Å². The SMILES string of the molecule is O=C1NCCc2ccc(OCCCCN3CCN(c4ccc(F)cc4Cl)CC3)cc2N1. The molecule has 0 unspecified atom stereocenters. The number of carbonyl (C=O) groups is 1. The van der Waals surface area contributed by atoms with Gasteiger partial charge in [0.05, 0.1) is 17.3 Å². The standard InChI is InChI=1S/C23H28ClFN4O2/c24-20-15-18(25)4-6-22(20)29-12-10-28(11-13-29)9-1-2-14-31-19-5-3-17-7-8-26-23(30)27-21(17)16-19/h3-6,15-16H,1-2,7-14H2,(H2,26,27,30). The van der Waals surface area contributed by atoms with Gasteiger partial charge in [-0.25, -0.2) is 9.18 Å². The van der Waals surface area contributed by atoms with E-state index in [1.54, 1.807) is 6.07 Å². The first-order valence-electron chi connectivity index (χ1n) is 10.8. The van der Waals surface area contributed by atoms with Crippen LogP contribution in [0.2, 0.25) is 5.02 Å². The Morgan fingerprint density at radius 3 is 2.71 bits per heavy atom. The van der Waals surface area contributed by atoms with Crippen molar-refractivity contribution in [1.82, 2.24) is 10.2 Å². The number of urea groups is 1. The zero-order valence-electron chi connectivity index (χ0n) is 17.5. The molecular weight excluding hydrogens is 419 g/mol. The van der Waals surface area contributed by atoms with Crippen molar-refractivity contribution in [2.24, 2.45) is 0 Å². The van der Waals surface area contributed by atoms with Crippen LogP contribution >= 0.6 is 11.6 Å². The summed E-state index contributed by atoms with van der Waals surface area (Å²) in [6.45, 7) is 6.02. The van der Waals surface area contributed by atoms with Gasteiger partial charge in [0.2, 0.25) is 0 Å². The van der Waals surface area contributed by atoms with Gasteiger partial charge in [-0.05, 0) is 55.6 Å². The zero-order chi connectivity index (χ0) is 21.6. The molecule has 166 valence electrons. The summed E-state index contributed by atoms with van der Waals surface area (Å²) in [4.78, 5) is 16.3. The number of nitrogens with one attached hydrogen (secondary N) is 2. The van der Waals surface area contributed by atoms with Crippen molar-refractivity contribution in [2.45, 2.75) is 19.3 Å². The number of ether oxygens (including phenoxy) is 1. The Labute approximate surface area is 187 Å². The molecule has 0 radical (unpaired) electrons. The molecule has 1 fully saturated rings. The Bertz CT molecular complexity index is 918. The molecule has 2 aromatic carbocycles. The van der Waals surface area contributed by atoms with E-state index in [1.165, 1.54) is 12.1 Å². The Morgan fingerprint density at radius 1 is 1.06 bits per heavy atom.